The zero-order valence-corrected chi connectivity index (χ0v) is 12.6. The SMILES string of the molecule is Cn1nc(-c2ccccc2)cc1-c1ccc(/C(N)=N/N=N)cc1. The number of amidine groups is 1. The van der Waals surface area contributed by atoms with E-state index in [1.54, 1.807) is 0 Å². The lowest BCUT2D eigenvalue weighted by atomic mass is 10.1. The molecule has 3 aromatic rings. The minimum atomic E-state index is 0.224. The van der Waals surface area contributed by atoms with Crippen molar-refractivity contribution < 1.29 is 0 Å². The molecule has 0 aliphatic carbocycles. The number of benzene rings is 2. The summed E-state index contributed by atoms with van der Waals surface area (Å²) >= 11 is 0. The van der Waals surface area contributed by atoms with Crippen molar-refractivity contribution in [3.8, 4) is 22.5 Å². The number of nitrogens with two attached hydrogens (primary N) is 1. The Morgan fingerprint density at radius 1 is 1.04 bits per heavy atom. The van der Waals surface area contributed by atoms with Gasteiger partial charge in [0.25, 0.3) is 0 Å². The zero-order valence-electron chi connectivity index (χ0n) is 12.6. The highest BCUT2D eigenvalue weighted by atomic mass is 15.3. The van der Waals surface area contributed by atoms with Crippen LogP contribution in [-0.2, 0) is 7.05 Å². The van der Waals surface area contributed by atoms with Crippen LogP contribution in [0.4, 0.5) is 0 Å². The molecule has 0 amide bonds. The van der Waals surface area contributed by atoms with Crippen LogP contribution in [0.2, 0.25) is 0 Å². The number of hydrogen-bond donors (Lipinski definition) is 2. The standard InChI is InChI=1S/C17H16N6/c1-23-16(11-15(21-23)12-5-3-2-4-6-12)13-7-9-14(10-8-13)17(18)20-22-19/h2-11H,1H3,(H3,18,19,20). The van der Waals surface area contributed by atoms with E-state index in [1.165, 1.54) is 0 Å². The van der Waals surface area contributed by atoms with E-state index in [0.717, 1.165) is 28.1 Å². The summed E-state index contributed by atoms with van der Waals surface area (Å²) in [5.41, 5.74) is 17.2. The Labute approximate surface area is 133 Å². The quantitative estimate of drug-likeness (QED) is 0.334. The lowest BCUT2D eigenvalue weighted by molar-refractivity contribution is 0.779. The Morgan fingerprint density at radius 3 is 2.39 bits per heavy atom. The van der Waals surface area contributed by atoms with Crippen molar-refractivity contribution in [3.05, 3.63) is 66.2 Å². The predicted molar refractivity (Wildman–Crippen MR) is 90.0 cm³/mol. The van der Waals surface area contributed by atoms with Crippen molar-refractivity contribution in [2.24, 2.45) is 23.1 Å². The average molecular weight is 304 g/mol. The van der Waals surface area contributed by atoms with Crippen LogP contribution < -0.4 is 5.73 Å². The van der Waals surface area contributed by atoms with Crippen molar-refractivity contribution in [2.45, 2.75) is 0 Å². The second kappa shape index (κ2) is 6.23. The monoisotopic (exact) mass is 304 g/mol. The zero-order chi connectivity index (χ0) is 16.2. The van der Waals surface area contributed by atoms with Gasteiger partial charge >= 0.3 is 0 Å². The maximum atomic E-state index is 6.72. The molecule has 0 aliphatic rings. The van der Waals surface area contributed by atoms with E-state index in [0.29, 0.717) is 0 Å². The summed E-state index contributed by atoms with van der Waals surface area (Å²) in [5, 5.41) is 11.0. The molecule has 3 rings (SSSR count). The van der Waals surface area contributed by atoms with Crippen molar-refractivity contribution >= 4 is 5.84 Å². The lowest BCUT2D eigenvalue weighted by Gasteiger charge is -2.03. The highest BCUT2D eigenvalue weighted by Crippen LogP contribution is 2.25. The van der Waals surface area contributed by atoms with Gasteiger partial charge in [-0.15, -0.1) is 5.10 Å². The summed E-state index contributed by atoms with van der Waals surface area (Å²) in [6.07, 6.45) is 0. The second-order valence-electron chi connectivity index (χ2n) is 5.07. The number of aryl methyl sites for hydroxylation is 1. The van der Waals surface area contributed by atoms with Crippen LogP contribution in [0.3, 0.4) is 0 Å². The summed E-state index contributed by atoms with van der Waals surface area (Å²) < 4.78 is 1.86. The molecule has 0 unspecified atom stereocenters. The molecule has 0 radical (unpaired) electrons. The van der Waals surface area contributed by atoms with Gasteiger partial charge in [0.2, 0.25) is 0 Å². The normalized spacial score (nSPS) is 11.4. The summed E-state index contributed by atoms with van der Waals surface area (Å²) in [4.78, 5) is 0. The molecule has 2 aromatic carbocycles. The van der Waals surface area contributed by atoms with Gasteiger partial charge in [0.15, 0.2) is 5.84 Å². The van der Waals surface area contributed by atoms with Crippen molar-refractivity contribution in [2.75, 3.05) is 0 Å². The van der Waals surface area contributed by atoms with Crippen LogP contribution in [0.25, 0.3) is 22.5 Å². The maximum Gasteiger partial charge on any atom is 0.155 e. The summed E-state index contributed by atoms with van der Waals surface area (Å²) in [7, 11) is 1.92. The van der Waals surface area contributed by atoms with Crippen LogP contribution in [0.5, 0.6) is 0 Å². The van der Waals surface area contributed by atoms with Gasteiger partial charge in [0.05, 0.1) is 11.4 Å². The molecule has 0 fully saturated rings. The summed E-state index contributed by atoms with van der Waals surface area (Å²) in [5.74, 6) is 0.224. The molecular weight excluding hydrogens is 288 g/mol. The Balaban J connectivity index is 1.95. The Hall–Kier alpha value is -3.28. The summed E-state index contributed by atoms with van der Waals surface area (Å²) in [6, 6.07) is 19.7. The van der Waals surface area contributed by atoms with Gasteiger partial charge in [-0.3, -0.25) is 4.68 Å². The third-order valence-corrected chi connectivity index (χ3v) is 3.58. The molecule has 23 heavy (non-hydrogen) atoms. The topological polar surface area (TPSA) is 92.4 Å². The molecule has 1 aromatic heterocycles. The van der Waals surface area contributed by atoms with Crippen molar-refractivity contribution in [1.82, 2.24) is 9.78 Å². The Kier molecular flexibility index (Phi) is 3.97. The highest BCUT2D eigenvalue weighted by molar-refractivity contribution is 5.97. The third kappa shape index (κ3) is 3.01. The molecular formula is C17H16N6. The molecule has 0 bridgehead atoms. The van der Waals surface area contributed by atoms with Crippen LogP contribution in [0.15, 0.2) is 71.0 Å². The molecule has 114 valence electrons. The van der Waals surface area contributed by atoms with Gasteiger partial charge < -0.3 is 5.73 Å². The van der Waals surface area contributed by atoms with Gasteiger partial charge in [-0.1, -0.05) is 59.8 Å². The van der Waals surface area contributed by atoms with E-state index in [9.17, 15) is 0 Å². The minimum absolute atomic E-state index is 0.224. The first kappa shape index (κ1) is 14.6. The van der Waals surface area contributed by atoms with E-state index in [4.69, 9.17) is 11.3 Å². The Morgan fingerprint density at radius 2 is 1.74 bits per heavy atom. The second-order valence-corrected chi connectivity index (χ2v) is 5.07. The highest BCUT2D eigenvalue weighted by Gasteiger charge is 2.09. The fourth-order valence-electron chi connectivity index (χ4n) is 2.41. The molecule has 0 spiro atoms. The van der Waals surface area contributed by atoms with Crippen LogP contribution in [0, 0.1) is 5.53 Å². The number of hydrogen-bond acceptors (Lipinski definition) is 3. The van der Waals surface area contributed by atoms with Crippen LogP contribution in [-0.4, -0.2) is 15.6 Å². The molecule has 0 saturated heterocycles. The van der Waals surface area contributed by atoms with Crippen molar-refractivity contribution in [3.63, 3.8) is 0 Å². The molecule has 6 nitrogen and oxygen atoms in total. The first-order valence-electron chi connectivity index (χ1n) is 7.09. The molecule has 3 N–H and O–H groups in total. The minimum Gasteiger partial charge on any atom is -0.382 e. The van der Waals surface area contributed by atoms with E-state index in [2.05, 4.69) is 21.5 Å². The van der Waals surface area contributed by atoms with Crippen LogP contribution >= 0.6 is 0 Å². The van der Waals surface area contributed by atoms with E-state index in [-0.39, 0.29) is 5.84 Å². The van der Waals surface area contributed by atoms with Gasteiger partial charge in [-0.05, 0) is 11.6 Å². The lowest BCUT2D eigenvalue weighted by Crippen LogP contribution is -2.12. The number of rotatable bonds is 4. The smallest absolute Gasteiger partial charge is 0.155 e. The number of aromatic nitrogens is 2. The molecule has 0 saturated carbocycles. The van der Waals surface area contributed by atoms with Gasteiger partial charge in [-0.25, -0.2) is 0 Å². The van der Waals surface area contributed by atoms with E-state index < -0.39 is 0 Å². The van der Waals surface area contributed by atoms with Crippen LogP contribution in [0.1, 0.15) is 5.56 Å². The number of nitrogens with zero attached hydrogens (tertiary/aromatic N) is 4. The number of nitrogens with one attached hydrogen (secondary N) is 1. The Bertz CT molecular complexity index is 847. The molecule has 1 heterocycles. The summed E-state index contributed by atoms with van der Waals surface area (Å²) in [6.45, 7) is 0. The fraction of sp³-hybridized carbons (Fsp3) is 0.0588. The fourth-order valence-corrected chi connectivity index (χ4v) is 2.41. The van der Waals surface area contributed by atoms with Gasteiger partial charge in [0, 0.05) is 18.2 Å². The maximum absolute atomic E-state index is 6.72. The average Bonchev–Trinajstić information content (AvgIpc) is 2.98. The molecule has 0 atom stereocenters. The molecule has 0 aliphatic heterocycles. The van der Waals surface area contributed by atoms with Gasteiger partial charge in [0.1, 0.15) is 0 Å². The van der Waals surface area contributed by atoms with E-state index in [1.807, 2.05) is 66.3 Å². The largest absolute Gasteiger partial charge is 0.382 e. The molecule has 6 heteroatoms. The predicted octanol–water partition coefficient (Wildman–Crippen LogP) is 3.41. The van der Waals surface area contributed by atoms with Gasteiger partial charge in [-0.2, -0.15) is 10.6 Å². The first-order chi connectivity index (χ1) is 11.2. The van der Waals surface area contributed by atoms with Crippen molar-refractivity contribution in [1.29, 1.82) is 5.53 Å². The van der Waals surface area contributed by atoms with E-state index >= 15 is 0 Å². The third-order valence-electron chi connectivity index (χ3n) is 3.58. The first-order valence-corrected chi connectivity index (χ1v) is 7.09.